The molecule has 3 fully saturated rings. The Morgan fingerprint density at radius 3 is 2.59 bits per heavy atom. The molecule has 9 heteroatoms. The molecule has 1 aromatic carbocycles. The number of carbonyl (C=O) groups excluding carboxylic acids is 3. The second-order valence-electron chi connectivity index (χ2n) is 10.5. The molecule has 2 unspecified atom stereocenters. The summed E-state index contributed by atoms with van der Waals surface area (Å²) in [6.45, 7) is 7.72. The van der Waals surface area contributed by atoms with Crippen molar-refractivity contribution >= 4 is 46.8 Å². The average Bonchev–Trinajstić information content (AvgIpc) is 3.34. The molecule has 2 bridgehead atoms. The van der Waals surface area contributed by atoms with Crippen LogP contribution in [0.5, 0.6) is 0 Å². The predicted octanol–water partition coefficient (Wildman–Crippen LogP) is 3.22. The van der Waals surface area contributed by atoms with Crippen molar-refractivity contribution in [3.8, 4) is 0 Å². The van der Waals surface area contributed by atoms with Gasteiger partial charge in [-0.2, -0.15) is 0 Å². The summed E-state index contributed by atoms with van der Waals surface area (Å²) in [5.41, 5.74) is 1.35. The van der Waals surface area contributed by atoms with Crippen molar-refractivity contribution in [1.82, 2.24) is 10.2 Å². The number of thioether (sulfide) groups is 1. The smallest absolute Gasteiger partial charge is 0.248 e. The van der Waals surface area contributed by atoms with Gasteiger partial charge in [-0.05, 0) is 50.7 Å². The van der Waals surface area contributed by atoms with Crippen molar-refractivity contribution in [2.75, 3.05) is 19.0 Å². The van der Waals surface area contributed by atoms with E-state index in [0.29, 0.717) is 23.6 Å². The third kappa shape index (κ3) is 3.73. The Labute approximate surface area is 210 Å². The summed E-state index contributed by atoms with van der Waals surface area (Å²) in [6.07, 6.45) is 1.97. The summed E-state index contributed by atoms with van der Waals surface area (Å²) in [6, 6.07) is 4.09. The molecule has 1 spiro atoms. The maximum atomic E-state index is 14.0. The molecule has 3 N–H and O–H groups in total. The summed E-state index contributed by atoms with van der Waals surface area (Å²) in [5.74, 6) is -1.61. The van der Waals surface area contributed by atoms with Crippen LogP contribution in [0.3, 0.4) is 0 Å². The highest BCUT2D eigenvalue weighted by atomic mass is 35.5. The van der Waals surface area contributed by atoms with Crippen LogP contribution < -0.4 is 10.6 Å². The van der Waals surface area contributed by atoms with Crippen LogP contribution in [0.25, 0.3) is 0 Å². The number of carbonyl (C=O) groups is 3. The van der Waals surface area contributed by atoms with Gasteiger partial charge < -0.3 is 20.6 Å². The van der Waals surface area contributed by atoms with Crippen LogP contribution in [0.4, 0.5) is 5.69 Å². The number of nitrogens with one attached hydrogen (secondary N) is 2. The number of amides is 3. The summed E-state index contributed by atoms with van der Waals surface area (Å²) in [4.78, 5) is 42.7. The minimum absolute atomic E-state index is 0.165. The van der Waals surface area contributed by atoms with E-state index in [4.69, 9.17) is 11.6 Å². The molecule has 186 valence electrons. The van der Waals surface area contributed by atoms with E-state index in [1.165, 1.54) is 0 Å². The highest BCUT2D eigenvalue weighted by Crippen LogP contribution is 2.71. The Kier molecular flexibility index (Phi) is 6.72. The first-order valence-electron chi connectivity index (χ1n) is 11.9. The number of nitrogens with zero attached hydrogens (tertiary/aromatic N) is 1. The van der Waals surface area contributed by atoms with Crippen molar-refractivity contribution < 1.29 is 19.5 Å². The van der Waals surface area contributed by atoms with Crippen molar-refractivity contribution in [1.29, 1.82) is 0 Å². The molecule has 3 saturated heterocycles. The maximum Gasteiger partial charge on any atom is 0.248 e. The highest BCUT2D eigenvalue weighted by Gasteiger charge is 2.77. The lowest BCUT2D eigenvalue weighted by Crippen LogP contribution is -2.55. The number of hydrogen-bond acceptors (Lipinski definition) is 5. The molecule has 3 aliphatic rings. The SMILES string of the molecule is CNC(=O)[C@H]1[C@H]2C(=O)N([C@@H](CO)CC(C)C)C(C(=O)Nc3c(C)cccc3Cl)C23CC[C@]1(C)S3. The fraction of sp³-hybridized carbons (Fsp3) is 0.640. The van der Waals surface area contributed by atoms with E-state index < -0.39 is 33.4 Å². The molecular weight excluding hydrogens is 474 g/mol. The average molecular weight is 508 g/mol. The number of halogens is 1. The number of likely N-dealkylation sites (tertiary alicyclic amines) is 1. The molecule has 4 rings (SSSR count). The molecule has 7 nitrogen and oxygen atoms in total. The number of hydrogen-bond donors (Lipinski definition) is 3. The third-order valence-electron chi connectivity index (χ3n) is 7.81. The molecule has 0 aromatic heterocycles. The van der Waals surface area contributed by atoms with E-state index in [-0.39, 0.29) is 30.2 Å². The highest BCUT2D eigenvalue weighted by molar-refractivity contribution is 8.02. The van der Waals surface area contributed by atoms with E-state index in [0.717, 1.165) is 12.0 Å². The van der Waals surface area contributed by atoms with Crippen LogP contribution in [0.15, 0.2) is 18.2 Å². The van der Waals surface area contributed by atoms with Crippen molar-refractivity contribution in [3.63, 3.8) is 0 Å². The predicted molar refractivity (Wildman–Crippen MR) is 135 cm³/mol. The lowest BCUT2D eigenvalue weighted by atomic mass is 9.66. The Bertz CT molecular complexity index is 1000. The maximum absolute atomic E-state index is 14.0. The van der Waals surface area contributed by atoms with E-state index in [2.05, 4.69) is 10.6 Å². The number of benzene rings is 1. The molecule has 3 aliphatic heterocycles. The molecule has 3 heterocycles. The monoisotopic (exact) mass is 507 g/mol. The van der Waals surface area contributed by atoms with Gasteiger partial charge in [0.1, 0.15) is 6.04 Å². The number of fused-ring (bicyclic) bond motifs is 1. The Balaban J connectivity index is 1.81. The van der Waals surface area contributed by atoms with Gasteiger partial charge in [0.05, 0.1) is 39.9 Å². The van der Waals surface area contributed by atoms with Crippen LogP contribution in [0.2, 0.25) is 5.02 Å². The van der Waals surface area contributed by atoms with E-state index in [1.807, 2.05) is 39.8 Å². The van der Waals surface area contributed by atoms with Gasteiger partial charge in [-0.1, -0.05) is 37.6 Å². The van der Waals surface area contributed by atoms with Gasteiger partial charge in [-0.25, -0.2) is 0 Å². The molecule has 3 amide bonds. The Morgan fingerprint density at radius 1 is 1.29 bits per heavy atom. The number of aryl methyl sites for hydroxylation is 1. The molecule has 1 aromatic rings. The second kappa shape index (κ2) is 9.03. The van der Waals surface area contributed by atoms with Gasteiger partial charge in [0.15, 0.2) is 0 Å². The number of para-hydroxylation sites is 1. The van der Waals surface area contributed by atoms with Gasteiger partial charge in [-0.15, -0.1) is 11.8 Å². The first kappa shape index (κ1) is 25.3. The van der Waals surface area contributed by atoms with E-state index >= 15 is 0 Å². The summed E-state index contributed by atoms with van der Waals surface area (Å²) in [5, 5.41) is 16.5. The number of rotatable bonds is 7. The first-order chi connectivity index (χ1) is 16.0. The van der Waals surface area contributed by atoms with Crippen LogP contribution in [0.1, 0.15) is 45.6 Å². The standard InChI is InChI=1S/C25H34ClN3O4S/c1-13(2)11-15(12-30)29-20(22(32)28-19-14(3)7-6-8-16(19)26)25-10-9-24(4,34-25)17(21(31)27-5)18(25)23(29)33/h6-8,13,15,17-18,20,30H,9-12H2,1-5H3,(H,27,31)(H,28,32)/t15-,17-,18+,20?,24+,25?/m1/s1. The normalized spacial score (nSPS) is 32.8. The van der Waals surface area contributed by atoms with Crippen LogP contribution in [0, 0.1) is 24.7 Å². The van der Waals surface area contributed by atoms with E-state index in [9.17, 15) is 19.5 Å². The fourth-order valence-electron chi connectivity index (χ4n) is 6.42. The lowest BCUT2D eigenvalue weighted by molar-refractivity contribution is -0.142. The number of aliphatic hydroxyl groups excluding tert-OH is 1. The number of aliphatic hydroxyl groups is 1. The molecule has 0 saturated carbocycles. The third-order valence-corrected chi connectivity index (χ3v) is 10.1. The van der Waals surface area contributed by atoms with Crippen molar-refractivity contribution in [2.24, 2.45) is 17.8 Å². The fourth-order valence-corrected chi connectivity index (χ4v) is 9.03. The topological polar surface area (TPSA) is 98.7 Å². The zero-order valence-electron chi connectivity index (χ0n) is 20.4. The molecule has 34 heavy (non-hydrogen) atoms. The molecule has 0 aliphatic carbocycles. The Morgan fingerprint density at radius 2 is 2.00 bits per heavy atom. The van der Waals surface area contributed by atoms with Gasteiger partial charge >= 0.3 is 0 Å². The molecule has 6 atom stereocenters. The summed E-state index contributed by atoms with van der Waals surface area (Å²) < 4.78 is -1.15. The van der Waals surface area contributed by atoms with Gasteiger partial charge in [0.25, 0.3) is 0 Å². The largest absolute Gasteiger partial charge is 0.394 e. The van der Waals surface area contributed by atoms with Crippen LogP contribution in [-0.2, 0) is 14.4 Å². The van der Waals surface area contributed by atoms with Crippen molar-refractivity contribution in [3.05, 3.63) is 28.8 Å². The molecular formula is C25H34ClN3O4S. The van der Waals surface area contributed by atoms with E-state index in [1.54, 1.807) is 29.8 Å². The van der Waals surface area contributed by atoms with Crippen LogP contribution >= 0.6 is 23.4 Å². The Hall–Kier alpha value is -1.77. The summed E-state index contributed by atoms with van der Waals surface area (Å²) in [7, 11) is 1.59. The minimum Gasteiger partial charge on any atom is -0.394 e. The quantitative estimate of drug-likeness (QED) is 0.526. The second-order valence-corrected chi connectivity index (χ2v) is 12.8. The van der Waals surface area contributed by atoms with Crippen molar-refractivity contribution in [2.45, 2.75) is 68.5 Å². The zero-order valence-corrected chi connectivity index (χ0v) is 21.9. The van der Waals surface area contributed by atoms with Crippen LogP contribution in [-0.4, -0.2) is 63.0 Å². The van der Waals surface area contributed by atoms with Gasteiger partial charge in [0.2, 0.25) is 17.7 Å². The summed E-state index contributed by atoms with van der Waals surface area (Å²) >= 11 is 8.02. The zero-order chi connectivity index (χ0) is 25.0. The lowest BCUT2D eigenvalue weighted by Gasteiger charge is -2.37. The van der Waals surface area contributed by atoms with Gasteiger partial charge in [-0.3, -0.25) is 14.4 Å². The number of anilines is 1. The first-order valence-corrected chi connectivity index (χ1v) is 13.1. The molecule has 0 radical (unpaired) electrons. The van der Waals surface area contributed by atoms with Gasteiger partial charge in [0, 0.05) is 11.8 Å². The minimum atomic E-state index is -0.807.